The molecule has 0 spiro atoms. The number of urea groups is 1. The van der Waals surface area contributed by atoms with Crippen LogP contribution in [0.25, 0.3) is 11.3 Å². The first-order valence-corrected chi connectivity index (χ1v) is 7.26. The zero-order chi connectivity index (χ0) is 16.2. The number of anilines is 1. The molecular formula is C16H22N4O2. The van der Waals surface area contributed by atoms with Crippen LogP contribution in [0.4, 0.5) is 10.5 Å². The highest BCUT2D eigenvalue weighted by Gasteiger charge is 2.24. The molecule has 2 rings (SSSR count). The van der Waals surface area contributed by atoms with Crippen molar-refractivity contribution in [3.05, 3.63) is 36.5 Å². The van der Waals surface area contributed by atoms with E-state index in [2.05, 4.69) is 15.7 Å². The largest absolute Gasteiger partial charge is 0.394 e. The van der Waals surface area contributed by atoms with Gasteiger partial charge in [-0.2, -0.15) is 5.10 Å². The molecule has 0 saturated heterocycles. The monoisotopic (exact) mass is 302 g/mol. The molecule has 6 nitrogen and oxygen atoms in total. The lowest BCUT2D eigenvalue weighted by atomic mass is 10.0. The molecule has 1 heterocycles. The smallest absolute Gasteiger partial charge is 0.319 e. The number of rotatable bonds is 5. The number of aliphatic hydroxyl groups excluding tert-OH is 1. The van der Waals surface area contributed by atoms with Crippen LogP contribution >= 0.6 is 0 Å². The Balaban J connectivity index is 2.19. The van der Waals surface area contributed by atoms with Gasteiger partial charge in [-0.25, -0.2) is 4.79 Å². The van der Waals surface area contributed by atoms with Crippen LogP contribution < -0.4 is 10.6 Å². The van der Waals surface area contributed by atoms with E-state index in [9.17, 15) is 9.90 Å². The van der Waals surface area contributed by atoms with Crippen LogP contribution in [-0.4, -0.2) is 33.1 Å². The van der Waals surface area contributed by atoms with Crippen LogP contribution in [0.5, 0.6) is 0 Å². The van der Waals surface area contributed by atoms with E-state index >= 15 is 0 Å². The van der Waals surface area contributed by atoms with E-state index < -0.39 is 5.54 Å². The molecule has 0 fully saturated rings. The standard InChI is InChI=1S/C16H22N4O2/c1-4-16(2,11-21)18-15(22)17-13-10-20(3)19-14(13)12-8-6-5-7-9-12/h5-10,21H,4,11H2,1-3H3,(H2,17,18,22). The molecule has 2 amide bonds. The predicted octanol–water partition coefficient (Wildman–Crippen LogP) is 2.37. The van der Waals surface area contributed by atoms with Crippen molar-refractivity contribution in [1.29, 1.82) is 0 Å². The van der Waals surface area contributed by atoms with Gasteiger partial charge >= 0.3 is 6.03 Å². The van der Waals surface area contributed by atoms with Gasteiger partial charge in [0.15, 0.2) is 0 Å². The van der Waals surface area contributed by atoms with Crippen molar-refractivity contribution in [3.8, 4) is 11.3 Å². The Bertz CT molecular complexity index is 633. The van der Waals surface area contributed by atoms with Gasteiger partial charge in [0.2, 0.25) is 0 Å². The quantitative estimate of drug-likeness (QED) is 0.793. The van der Waals surface area contributed by atoms with Crippen molar-refractivity contribution in [3.63, 3.8) is 0 Å². The fourth-order valence-electron chi connectivity index (χ4n) is 2.06. The Labute approximate surface area is 130 Å². The zero-order valence-electron chi connectivity index (χ0n) is 13.1. The fourth-order valence-corrected chi connectivity index (χ4v) is 2.06. The van der Waals surface area contributed by atoms with Crippen LogP contribution in [0.1, 0.15) is 20.3 Å². The zero-order valence-corrected chi connectivity index (χ0v) is 13.1. The second-order valence-corrected chi connectivity index (χ2v) is 5.58. The molecule has 118 valence electrons. The lowest BCUT2D eigenvalue weighted by molar-refractivity contribution is 0.172. The second kappa shape index (κ2) is 6.62. The van der Waals surface area contributed by atoms with Crippen molar-refractivity contribution in [2.45, 2.75) is 25.8 Å². The van der Waals surface area contributed by atoms with E-state index in [1.807, 2.05) is 37.3 Å². The molecule has 2 aromatic rings. The summed E-state index contributed by atoms with van der Waals surface area (Å²) >= 11 is 0. The van der Waals surface area contributed by atoms with E-state index in [-0.39, 0.29) is 12.6 Å². The fraction of sp³-hybridized carbons (Fsp3) is 0.375. The van der Waals surface area contributed by atoms with Crippen molar-refractivity contribution < 1.29 is 9.90 Å². The van der Waals surface area contributed by atoms with E-state index in [1.54, 1.807) is 24.9 Å². The summed E-state index contributed by atoms with van der Waals surface area (Å²) in [5, 5.41) is 19.4. The lowest BCUT2D eigenvalue weighted by Gasteiger charge is -2.27. The molecule has 6 heteroatoms. The molecule has 1 atom stereocenters. The van der Waals surface area contributed by atoms with Crippen LogP contribution in [0.3, 0.4) is 0 Å². The van der Waals surface area contributed by atoms with E-state index in [0.29, 0.717) is 17.8 Å². The Morgan fingerprint density at radius 3 is 2.64 bits per heavy atom. The predicted molar refractivity (Wildman–Crippen MR) is 86.6 cm³/mol. The molecule has 0 saturated carbocycles. The third-order valence-electron chi connectivity index (χ3n) is 3.67. The van der Waals surface area contributed by atoms with E-state index in [0.717, 1.165) is 5.56 Å². The number of hydrogen-bond acceptors (Lipinski definition) is 3. The molecule has 0 aliphatic rings. The molecule has 22 heavy (non-hydrogen) atoms. The number of nitrogens with zero attached hydrogens (tertiary/aromatic N) is 2. The van der Waals surface area contributed by atoms with Crippen molar-refractivity contribution in [1.82, 2.24) is 15.1 Å². The third kappa shape index (κ3) is 3.65. The van der Waals surface area contributed by atoms with Gasteiger partial charge in [-0.3, -0.25) is 4.68 Å². The van der Waals surface area contributed by atoms with Crippen molar-refractivity contribution in [2.75, 3.05) is 11.9 Å². The topological polar surface area (TPSA) is 79.2 Å². The highest BCUT2D eigenvalue weighted by Crippen LogP contribution is 2.25. The summed E-state index contributed by atoms with van der Waals surface area (Å²) in [6, 6.07) is 9.30. The first-order chi connectivity index (χ1) is 10.5. The summed E-state index contributed by atoms with van der Waals surface area (Å²) in [5.41, 5.74) is 1.63. The molecule has 0 aliphatic carbocycles. The number of carbonyl (C=O) groups is 1. The highest BCUT2D eigenvalue weighted by atomic mass is 16.3. The van der Waals surface area contributed by atoms with E-state index in [4.69, 9.17) is 0 Å². The van der Waals surface area contributed by atoms with Crippen LogP contribution in [-0.2, 0) is 7.05 Å². The molecule has 3 N–H and O–H groups in total. The number of benzene rings is 1. The first-order valence-electron chi connectivity index (χ1n) is 7.26. The number of carbonyl (C=O) groups excluding carboxylic acids is 1. The minimum atomic E-state index is -0.640. The summed E-state index contributed by atoms with van der Waals surface area (Å²) in [7, 11) is 1.80. The molecular weight excluding hydrogens is 280 g/mol. The maximum absolute atomic E-state index is 12.2. The van der Waals surface area contributed by atoms with Gasteiger partial charge in [0.05, 0.1) is 17.8 Å². The third-order valence-corrected chi connectivity index (χ3v) is 3.67. The SMILES string of the molecule is CCC(C)(CO)NC(=O)Nc1cn(C)nc1-c1ccccc1. The van der Waals surface area contributed by atoms with Crippen LogP contribution in [0.15, 0.2) is 36.5 Å². The Morgan fingerprint density at radius 2 is 2.05 bits per heavy atom. The minimum absolute atomic E-state index is 0.116. The lowest BCUT2D eigenvalue weighted by Crippen LogP contribution is -2.50. The van der Waals surface area contributed by atoms with Gasteiger partial charge in [0.1, 0.15) is 5.69 Å². The minimum Gasteiger partial charge on any atom is -0.394 e. The van der Waals surface area contributed by atoms with Crippen LogP contribution in [0, 0.1) is 0 Å². The Hall–Kier alpha value is -2.34. The number of aliphatic hydroxyl groups is 1. The van der Waals surface area contributed by atoms with Gasteiger partial charge in [0.25, 0.3) is 0 Å². The highest BCUT2D eigenvalue weighted by molar-refractivity contribution is 5.93. The normalized spacial score (nSPS) is 13.5. The summed E-state index contributed by atoms with van der Waals surface area (Å²) < 4.78 is 1.66. The average Bonchev–Trinajstić information content (AvgIpc) is 2.88. The number of aromatic nitrogens is 2. The Morgan fingerprint density at radius 1 is 1.36 bits per heavy atom. The number of aryl methyl sites for hydroxylation is 1. The number of nitrogens with one attached hydrogen (secondary N) is 2. The van der Waals surface area contributed by atoms with Crippen LogP contribution in [0.2, 0.25) is 0 Å². The molecule has 1 aromatic carbocycles. The summed E-state index contributed by atoms with van der Waals surface area (Å²) in [6.45, 7) is 3.60. The van der Waals surface area contributed by atoms with Crippen molar-refractivity contribution >= 4 is 11.7 Å². The molecule has 0 radical (unpaired) electrons. The molecule has 1 aromatic heterocycles. The summed E-state index contributed by atoms with van der Waals surface area (Å²) in [4.78, 5) is 12.2. The summed E-state index contributed by atoms with van der Waals surface area (Å²) in [5.74, 6) is 0. The van der Waals surface area contributed by atoms with Gasteiger partial charge in [-0.1, -0.05) is 37.3 Å². The molecule has 0 aliphatic heterocycles. The maximum atomic E-state index is 12.2. The molecule has 0 bridgehead atoms. The van der Waals surface area contributed by atoms with Gasteiger partial charge in [-0.05, 0) is 13.3 Å². The molecule has 1 unspecified atom stereocenters. The van der Waals surface area contributed by atoms with Gasteiger partial charge < -0.3 is 15.7 Å². The maximum Gasteiger partial charge on any atom is 0.319 e. The number of amides is 2. The average molecular weight is 302 g/mol. The van der Waals surface area contributed by atoms with Gasteiger partial charge in [0, 0.05) is 18.8 Å². The van der Waals surface area contributed by atoms with Gasteiger partial charge in [-0.15, -0.1) is 0 Å². The van der Waals surface area contributed by atoms with E-state index in [1.165, 1.54) is 0 Å². The summed E-state index contributed by atoms with van der Waals surface area (Å²) in [6.07, 6.45) is 2.39. The second-order valence-electron chi connectivity index (χ2n) is 5.58. The van der Waals surface area contributed by atoms with Crippen molar-refractivity contribution in [2.24, 2.45) is 7.05 Å². The Kier molecular flexibility index (Phi) is 4.82. The first kappa shape index (κ1) is 16.0. The number of hydrogen-bond donors (Lipinski definition) is 3.